The normalized spacial score (nSPS) is 24.0. The number of nitrogens with one attached hydrogen (secondary N) is 5. The molecular formula is C95H118Cl4N24O3. The van der Waals surface area contributed by atoms with Crippen LogP contribution in [0.2, 0.25) is 20.5 Å². The van der Waals surface area contributed by atoms with Gasteiger partial charge in [-0.25, -0.2) is 19.9 Å². The Kier molecular flexibility index (Phi) is 25.6. The number of anilines is 4. The lowest BCUT2D eigenvalue weighted by Crippen LogP contribution is -2.53. The van der Waals surface area contributed by atoms with Gasteiger partial charge in [0.25, 0.3) is 0 Å². The number of piperazine rings is 4. The zero-order valence-corrected chi connectivity index (χ0v) is 76.4. The lowest BCUT2D eigenvalue weighted by Gasteiger charge is -2.41. The minimum Gasteiger partial charge on any atom is -0.495 e. The van der Waals surface area contributed by atoms with Crippen LogP contribution >= 0.6 is 46.4 Å². The topological polar surface area (TPSA) is 231 Å². The number of fused-ring (bicyclic) bond motifs is 4. The highest BCUT2D eigenvalue weighted by Crippen LogP contribution is 2.48. The Morgan fingerprint density at radius 2 is 0.746 bits per heavy atom. The number of piperidine rings is 4. The Hall–Kier alpha value is -9.20. The van der Waals surface area contributed by atoms with Gasteiger partial charge in [-0.1, -0.05) is 70.7 Å². The van der Waals surface area contributed by atoms with E-state index in [1.165, 1.54) is 31.5 Å². The van der Waals surface area contributed by atoms with Crippen molar-refractivity contribution >= 4 is 92.3 Å². The van der Waals surface area contributed by atoms with E-state index in [0.29, 0.717) is 21.4 Å². The number of halogens is 4. The highest BCUT2D eigenvalue weighted by atomic mass is 35.5. The molecule has 10 fully saturated rings. The molecule has 12 aromatic rings. The number of hydrogen-bond acceptors (Lipinski definition) is 23. The molecule has 0 radical (unpaired) electrons. The van der Waals surface area contributed by atoms with E-state index in [1.54, 1.807) is 21.3 Å². The molecular weight excluding hydrogens is 1670 g/mol. The molecule has 20 heterocycles. The SMILES string of the molecule is COc1cccnc1[C@@H]1CCC[C@H](c2nc3cccc(N4CCN(C)C5(CC5)C4)n3c2Cl)N1.COc1cccnc1[C@@H]1CCC[C@H](c2nc3cccc(N4CCN(C)CC4)n3c2Cl)N1.COc1cccnc1[C@@H]1CCC[C@H](c2nc3cccc(N4CCNC5(CC5)C4)n3c2Cl)N1.Cc1c(Cl)ccnc1[C@@H]1CCC[C@H](c2cn3c(N4CCN(C)CC4)cccc3n2)N1. The second-order valence-corrected chi connectivity index (χ2v) is 37.5. The summed E-state index contributed by atoms with van der Waals surface area (Å²) in [5, 5.41) is 21.7. The van der Waals surface area contributed by atoms with Crippen LogP contribution in [0.5, 0.6) is 17.2 Å². The maximum atomic E-state index is 7.07. The van der Waals surface area contributed by atoms with Gasteiger partial charge in [-0.15, -0.1) is 0 Å². The first-order valence-electron chi connectivity index (χ1n) is 45.5. The molecule has 8 atom stereocenters. The molecule has 664 valence electrons. The van der Waals surface area contributed by atoms with Crippen molar-refractivity contribution in [1.29, 1.82) is 0 Å². The summed E-state index contributed by atoms with van der Waals surface area (Å²) in [7, 11) is 11.7. The predicted octanol–water partition coefficient (Wildman–Crippen LogP) is 15.8. The lowest BCUT2D eigenvalue weighted by atomic mass is 9.93. The van der Waals surface area contributed by atoms with Gasteiger partial charge in [-0.2, -0.15) is 0 Å². The number of ether oxygens (including phenoxy) is 3. The second-order valence-electron chi connectivity index (χ2n) is 36.0. The number of methoxy groups -OCH3 is 3. The van der Waals surface area contributed by atoms with Crippen molar-refractivity contribution in [2.75, 3.05) is 154 Å². The quantitative estimate of drug-likeness (QED) is 0.0642. The van der Waals surface area contributed by atoms with Gasteiger partial charge in [-0.05, 0) is 227 Å². The van der Waals surface area contributed by atoms with Crippen LogP contribution in [-0.4, -0.2) is 217 Å². The number of likely N-dealkylation sites (N-methyl/N-ethyl adjacent to an activating group) is 3. The number of pyridine rings is 8. The van der Waals surface area contributed by atoms with E-state index in [9.17, 15) is 0 Å². The first-order chi connectivity index (χ1) is 61.5. The van der Waals surface area contributed by atoms with Crippen LogP contribution in [0.15, 0.2) is 146 Å². The number of aromatic nitrogens is 12. The van der Waals surface area contributed by atoms with E-state index in [0.717, 1.165) is 287 Å². The molecule has 12 aromatic heterocycles. The third kappa shape index (κ3) is 17.7. The molecule has 8 saturated heterocycles. The van der Waals surface area contributed by atoms with Crippen molar-refractivity contribution in [1.82, 2.24) is 98.8 Å². The zero-order chi connectivity index (χ0) is 86.3. The second kappa shape index (κ2) is 37.5. The predicted molar refractivity (Wildman–Crippen MR) is 500 cm³/mol. The maximum Gasteiger partial charge on any atom is 0.141 e. The molecule has 10 aliphatic rings. The fourth-order valence-corrected chi connectivity index (χ4v) is 21.7. The Labute approximate surface area is 758 Å². The van der Waals surface area contributed by atoms with Crippen LogP contribution in [0, 0.1) is 6.92 Å². The van der Waals surface area contributed by atoms with Gasteiger partial charge >= 0.3 is 0 Å². The van der Waals surface area contributed by atoms with Crippen LogP contribution in [0.3, 0.4) is 0 Å². The Bertz CT molecular complexity index is 5820. The molecule has 22 rings (SSSR count). The van der Waals surface area contributed by atoms with Crippen LogP contribution < -0.4 is 60.4 Å². The molecule has 8 aliphatic heterocycles. The summed E-state index contributed by atoms with van der Waals surface area (Å²) in [6.45, 7) is 16.6. The minimum atomic E-state index is 0.0815. The number of hydrogen-bond donors (Lipinski definition) is 5. The van der Waals surface area contributed by atoms with Gasteiger partial charge in [0, 0.05) is 139 Å². The Morgan fingerprint density at radius 3 is 1.19 bits per heavy atom. The molecule has 5 N–H and O–H groups in total. The molecule has 0 bridgehead atoms. The smallest absolute Gasteiger partial charge is 0.141 e. The van der Waals surface area contributed by atoms with Gasteiger partial charge < -0.3 is 70.2 Å². The summed E-state index contributed by atoms with van der Waals surface area (Å²) in [6.07, 6.45) is 27.2. The number of rotatable bonds is 15. The average Bonchev–Trinajstić information content (AvgIpc) is 1.62. The van der Waals surface area contributed by atoms with Gasteiger partial charge in [0.15, 0.2) is 0 Å². The summed E-state index contributed by atoms with van der Waals surface area (Å²) in [4.78, 5) is 55.5. The minimum absolute atomic E-state index is 0.0815. The van der Waals surface area contributed by atoms with Crippen molar-refractivity contribution in [2.45, 2.75) is 169 Å². The molecule has 27 nitrogen and oxygen atoms in total. The van der Waals surface area contributed by atoms with E-state index in [2.05, 4.69) is 199 Å². The van der Waals surface area contributed by atoms with E-state index < -0.39 is 0 Å². The average molecular weight is 1790 g/mol. The number of imidazole rings is 4. The van der Waals surface area contributed by atoms with Gasteiger partial charge in [-0.3, -0.25) is 42.4 Å². The zero-order valence-electron chi connectivity index (χ0n) is 73.4. The van der Waals surface area contributed by atoms with Gasteiger partial charge in [0.05, 0.1) is 115 Å². The molecule has 126 heavy (non-hydrogen) atoms. The molecule has 2 spiro atoms. The molecule has 0 amide bonds. The molecule has 0 aromatic carbocycles. The lowest BCUT2D eigenvalue weighted by molar-refractivity contribution is 0.198. The van der Waals surface area contributed by atoms with Crippen molar-refractivity contribution in [3.8, 4) is 17.2 Å². The fourth-order valence-electron chi connectivity index (χ4n) is 20.6. The first-order valence-corrected chi connectivity index (χ1v) is 47.0. The Balaban J connectivity index is 0.000000110. The molecule has 31 heteroatoms. The fraction of sp³-hybridized carbons (Fsp3) is 0.495. The summed E-state index contributed by atoms with van der Waals surface area (Å²) in [6, 6.07) is 39.9. The van der Waals surface area contributed by atoms with Gasteiger partial charge in [0.2, 0.25) is 0 Å². The van der Waals surface area contributed by atoms with Crippen LogP contribution in [0.25, 0.3) is 22.6 Å². The standard InChI is InChI=1S/C25H31ClN6O.C24H29ClN6O.C23H29ClN6O.C23H29ClN6/c1-30-14-15-31(16-25(30)11-12-25)21-10-4-9-20-29-23(24(26)32(20)21)18-7-3-6-17(28-18)22-19(33-2)8-5-13-27-22;1-32-18-7-4-12-26-21(18)16-5-2-6-17(28-16)22-23(25)31-19(29-22)8-3-9-20(31)30-14-13-27-24(15-30)10-11-24;1-28-12-14-29(15-13-28)20-10-4-9-19-27-22(23(24)30(19)20)17-7-3-6-16(26-17)21-18(31-2)8-5-11-25-21;1-16-17(24)9-10-25-23(16)19-6-3-5-18(26-19)20-15-30-21(27-20)7-4-8-22(30)29-13-11-28(2)12-14-29/h4-5,8-10,13,17-18,28H,3,6-7,11-12,14-16H2,1-2H3;3-4,7-9,12,16-17,27-28H,2,5-6,10-11,13-15H2,1H3;4-5,8-11,16-17,26H,3,6-7,12-15H2,1-2H3;4,7-10,15,18-19,26H,3,5-6,11-14H2,1-2H3/t17-,18+;2*16-,17+;18-,19+/m0001/s1. The van der Waals surface area contributed by atoms with E-state index >= 15 is 0 Å². The largest absolute Gasteiger partial charge is 0.495 e. The molecule has 2 aliphatic carbocycles. The van der Waals surface area contributed by atoms with Crippen molar-refractivity contribution in [3.05, 3.63) is 218 Å². The molecule has 0 unspecified atom stereocenters. The monoisotopic (exact) mass is 1780 g/mol. The first kappa shape index (κ1) is 86.2. The summed E-state index contributed by atoms with van der Waals surface area (Å²) >= 11 is 27.4. The van der Waals surface area contributed by atoms with Gasteiger partial charge in [0.1, 0.15) is 78.6 Å². The molecule has 2 saturated carbocycles. The summed E-state index contributed by atoms with van der Waals surface area (Å²) < 4.78 is 25.3. The highest BCUT2D eigenvalue weighted by molar-refractivity contribution is 6.32. The van der Waals surface area contributed by atoms with Crippen LogP contribution in [0.4, 0.5) is 23.3 Å². The number of nitrogens with zero attached hydrogens (tertiary/aromatic N) is 19. The Morgan fingerprint density at radius 1 is 0.365 bits per heavy atom. The van der Waals surface area contributed by atoms with Crippen molar-refractivity contribution in [2.24, 2.45) is 0 Å². The van der Waals surface area contributed by atoms with E-state index in [1.807, 2.05) is 73.3 Å². The van der Waals surface area contributed by atoms with Crippen molar-refractivity contribution < 1.29 is 14.2 Å². The van der Waals surface area contributed by atoms with E-state index in [4.69, 9.17) is 80.6 Å². The highest BCUT2D eigenvalue weighted by Gasteiger charge is 2.50. The third-order valence-corrected chi connectivity index (χ3v) is 29.6. The maximum absolute atomic E-state index is 7.07. The van der Waals surface area contributed by atoms with Crippen molar-refractivity contribution in [3.63, 3.8) is 0 Å². The third-order valence-electron chi connectivity index (χ3n) is 28.1. The summed E-state index contributed by atoms with van der Waals surface area (Å²) in [5.74, 6) is 7.10. The summed E-state index contributed by atoms with van der Waals surface area (Å²) in [5.41, 5.74) is 13.3. The van der Waals surface area contributed by atoms with Crippen LogP contribution in [0.1, 0.15) is 202 Å². The van der Waals surface area contributed by atoms with E-state index in [-0.39, 0.29) is 48.3 Å². The van der Waals surface area contributed by atoms with Crippen LogP contribution in [-0.2, 0) is 0 Å².